The Labute approximate surface area is 204 Å². The van der Waals surface area contributed by atoms with Crippen molar-refractivity contribution >= 4 is 45.9 Å². The molecular weight excluding hydrogens is 468 g/mol. The predicted molar refractivity (Wildman–Crippen MR) is 134 cm³/mol. The first-order valence-electron chi connectivity index (χ1n) is 10.3. The number of carbonyl (C=O) groups excluding carboxylic acids is 1. The highest BCUT2D eigenvalue weighted by atomic mass is 35.5. The molecule has 2 aromatic heterocycles. The van der Waals surface area contributed by atoms with Crippen molar-refractivity contribution in [1.82, 2.24) is 19.7 Å². The van der Waals surface area contributed by atoms with Crippen LogP contribution in [0.25, 0.3) is 28.0 Å². The Morgan fingerprint density at radius 1 is 1.06 bits per heavy atom. The number of para-hydroxylation sites is 1. The van der Waals surface area contributed by atoms with E-state index in [1.54, 1.807) is 24.3 Å². The van der Waals surface area contributed by atoms with E-state index in [1.165, 1.54) is 11.8 Å². The molecule has 3 aromatic carbocycles. The van der Waals surface area contributed by atoms with E-state index in [1.807, 2.05) is 59.3 Å². The fourth-order valence-corrected chi connectivity index (χ4v) is 4.45. The Morgan fingerprint density at radius 3 is 2.59 bits per heavy atom. The Morgan fingerprint density at radius 2 is 1.82 bits per heavy atom. The zero-order valence-corrected chi connectivity index (χ0v) is 19.3. The van der Waals surface area contributed by atoms with Gasteiger partial charge in [0.05, 0.1) is 17.4 Å². The lowest BCUT2D eigenvalue weighted by atomic mass is 10.1. The van der Waals surface area contributed by atoms with Gasteiger partial charge in [-0.1, -0.05) is 41.6 Å². The average molecular weight is 485 g/mol. The number of carbonyl (C=O) groups is 1. The standard InChI is InChI=1S/C25H17ClN6OS/c26-17-7-11-19(12-8-17)32-24(21-14-28-22-4-2-1-3-20(21)22)30-31-25(32)34-15-23(33)29-18-9-5-16(13-27)6-10-18/h1-12,14,28H,15H2,(H,29,33). The topological polar surface area (TPSA) is 99.4 Å². The number of anilines is 1. The van der Waals surface area contributed by atoms with Gasteiger partial charge in [0.2, 0.25) is 5.91 Å². The summed E-state index contributed by atoms with van der Waals surface area (Å²) in [5, 5.41) is 22.9. The summed E-state index contributed by atoms with van der Waals surface area (Å²) in [6.45, 7) is 0. The van der Waals surface area contributed by atoms with E-state index < -0.39 is 0 Å². The van der Waals surface area contributed by atoms with Gasteiger partial charge in [-0.25, -0.2) is 0 Å². The van der Waals surface area contributed by atoms with Gasteiger partial charge in [-0.15, -0.1) is 10.2 Å². The molecule has 0 atom stereocenters. The molecule has 0 bridgehead atoms. The SMILES string of the molecule is N#Cc1ccc(NC(=O)CSc2nnc(-c3c[nH]c4ccccc34)n2-c2ccc(Cl)cc2)cc1. The van der Waals surface area contributed by atoms with Crippen LogP contribution >= 0.6 is 23.4 Å². The molecule has 7 nitrogen and oxygen atoms in total. The summed E-state index contributed by atoms with van der Waals surface area (Å²) in [7, 11) is 0. The van der Waals surface area contributed by atoms with Gasteiger partial charge in [0.25, 0.3) is 0 Å². The van der Waals surface area contributed by atoms with Crippen LogP contribution in [0.3, 0.4) is 0 Å². The minimum atomic E-state index is -0.186. The van der Waals surface area contributed by atoms with Crippen molar-refractivity contribution in [3.63, 3.8) is 0 Å². The van der Waals surface area contributed by atoms with Crippen molar-refractivity contribution in [2.24, 2.45) is 0 Å². The lowest BCUT2D eigenvalue weighted by Gasteiger charge is -2.10. The van der Waals surface area contributed by atoms with Gasteiger partial charge >= 0.3 is 0 Å². The van der Waals surface area contributed by atoms with E-state index in [0.717, 1.165) is 22.2 Å². The maximum Gasteiger partial charge on any atom is 0.234 e. The molecule has 0 saturated carbocycles. The summed E-state index contributed by atoms with van der Waals surface area (Å²) in [6, 6.07) is 24.2. The number of benzene rings is 3. The van der Waals surface area contributed by atoms with Gasteiger partial charge in [-0.3, -0.25) is 9.36 Å². The second kappa shape index (κ2) is 9.43. The smallest absolute Gasteiger partial charge is 0.234 e. The number of amides is 1. The van der Waals surface area contributed by atoms with Crippen LogP contribution in [0.4, 0.5) is 5.69 Å². The van der Waals surface area contributed by atoms with Crippen molar-refractivity contribution in [2.45, 2.75) is 5.16 Å². The maximum absolute atomic E-state index is 12.6. The summed E-state index contributed by atoms with van der Waals surface area (Å²) in [5.74, 6) is 0.614. The molecule has 9 heteroatoms. The molecule has 2 heterocycles. The number of hydrogen-bond donors (Lipinski definition) is 2. The minimum absolute atomic E-state index is 0.139. The highest BCUT2D eigenvalue weighted by Gasteiger charge is 2.19. The van der Waals surface area contributed by atoms with Gasteiger partial charge in [0.1, 0.15) is 0 Å². The summed E-state index contributed by atoms with van der Waals surface area (Å²) in [6.07, 6.45) is 1.91. The number of aromatic amines is 1. The van der Waals surface area contributed by atoms with Gasteiger partial charge in [-0.05, 0) is 54.6 Å². The summed E-state index contributed by atoms with van der Waals surface area (Å²) < 4.78 is 1.92. The normalized spacial score (nSPS) is 10.8. The zero-order chi connectivity index (χ0) is 23.5. The van der Waals surface area contributed by atoms with E-state index in [-0.39, 0.29) is 11.7 Å². The van der Waals surface area contributed by atoms with Crippen LogP contribution in [-0.2, 0) is 4.79 Å². The number of nitrogens with zero attached hydrogens (tertiary/aromatic N) is 4. The molecule has 0 aliphatic rings. The van der Waals surface area contributed by atoms with E-state index in [0.29, 0.717) is 27.3 Å². The summed E-state index contributed by atoms with van der Waals surface area (Å²) in [4.78, 5) is 15.8. The van der Waals surface area contributed by atoms with E-state index in [4.69, 9.17) is 16.9 Å². The van der Waals surface area contributed by atoms with Crippen molar-refractivity contribution in [3.8, 4) is 23.1 Å². The van der Waals surface area contributed by atoms with Gasteiger partial charge < -0.3 is 10.3 Å². The highest BCUT2D eigenvalue weighted by Crippen LogP contribution is 2.32. The second-order valence-corrected chi connectivity index (χ2v) is 8.77. The Kier molecular flexibility index (Phi) is 6.04. The van der Waals surface area contributed by atoms with Crippen LogP contribution in [0.15, 0.2) is 84.1 Å². The van der Waals surface area contributed by atoms with Crippen LogP contribution in [-0.4, -0.2) is 31.4 Å². The van der Waals surface area contributed by atoms with E-state index in [2.05, 4.69) is 26.6 Å². The molecule has 0 fully saturated rings. The fraction of sp³-hybridized carbons (Fsp3) is 0.0400. The molecule has 166 valence electrons. The van der Waals surface area contributed by atoms with Crippen molar-refractivity contribution in [3.05, 3.63) is 89.6 Å². The van der Waals surface area contributed by atoms with Crippen molar-refractivity contribution in [1.29, 1.82) is 5.26 Å². The molecule has 0 aliphatic carbocycles. The Hall–Kier alpha value is -4.06. The molecule has 0 spiro atoms. The number of aromatic nitrogens is 4. The number of thioether (sulfide) groups is 1. The summed E-state index contributed by atoms with van der Waals surface area (Å²) >= 11 is 7.39. The number of nitrogens with one attached hydrogen (secondary N) is 2. The van der Waals surface area contributed by atoms with Gasteiger partial charge in [0.15, 0.2) is 11.0 Å². The second-order valence-electron chi connectivity index (χ2n) is 7.39. The predicted octanol–water partition coefficient (Wildman–Crippen LogP) is 5.67. The third-order valence-corrected chi connectivity index (χ3v) is 6.36. The number of hydrogen-bond acceptors (Lipinski definition) is 5. The van der Waals surface area contributed by atoms with Crippen LogP contribution in [0.2, 0.25) is 5.02 Å². The number of fused-ring (bicyclic) bond motifs is 1. The third-order valence-electron chi connectivity index (χ3n) is 5.18. The minimum Gasteiger partial charge on any atom is -0.360 e. The molecule has 5 rings (SSSR count). The molecule has 0 saturated heterocycles. The third kappa shape index (κ3) is 4.39. The molecule has 5 aromatic rings. The molecule has 1 amide bonds. The fourth-order valence-electron chi connectivity index (χ4n) is 3.57. The largest absolute Gasteiger partial charge is 0.360 e. The first-order chi connectivity index (χ1) is 16.6. The lowest BCUT2D eigenvalue weighted by molar-refractivity contribution is -0.113. The first kappa shape index (κ1) is 21.8. The van der Waals surface area contributed by atoms with Crippen LogP contribution < -0.4 is 5.32 Å². The molecule has 0 unspecified atom stereocenters. The first-order valence-corrected chi connectivity index (χ1v) is 11.7. The quantitative estimate of drug-likeness (QED) is 0.302. The Balaban J connectivity index is 1.44. The Bertz CT molecular complexity index is 1520. The zero-order valence-electron chi connectivity index (χ0n) is 17.7. The van der Waals surface area contributed by atoms with Gasteiger partial charge in [0, 0.05) is 39.1 Å². The average Bonchev–Trinajstić information content (AvgIpc) is 3.48. The summed E-state index contributed by atoms with van der Waals surface area (Å²) in [5.41, 5.74) is 3.91. The van der Waals surface area contributed by atoms with E-state index in [9.17, 15) is 4.79 Å². The van der Waals surface area contributed by atoms with Crippen LogP contribution in [0, 0.1) is 11.3 Å². The molecule has 0 aliphatic heterocycles. The van der Waals surface area contributed by atoms with Gasteiger partial charge in [-0.2, -0.15) is 5.26 Å². The molecule has 34 heavy (non-hydrogen) atoms. The monoisotopic (exact) mass is 484 g/mol. The molecular formula is C25H17ClN6OS. The number of nitriles is 1. The lowest BCUT2D eigenvalue weighted by Crippen LogP contribution is -2.14. The van der Waals surface area contributed by atoms with Crippen molar-refractivity contribution in [2.75, 3.05) is 11.1 Å². The number of rotatable bonds is 6. The van der Waals surface area contributed by atoms with Crippen molar-refractivity contribution < 1.29 is 4.79 Å². The number of H-pyrrole nitrogens is 1. The van der Waals surface area contributed by atoms with E-state index >= 15 is 0 Å². The van der Waals surface area contributed by atoms with Crippen LogP contribution in [0.5, 0.6) is 0 Å². The molecule has 2 N–H and O–H groups in total. The van der Waals surface area contributed by atoms with Crippen LogP contribution in [0.1, 0.15) is 5.56 Å². The number of halogens is 1. The highest BCUT2D eigenvalue weighted by molar-refractivity contribution is 7.99. The maximum atomic E-state index is 12.6. The molecule has 0 radical (unpaired) electrons.